The molecule has 0 amide bonds. The standard InChI is InChI=1S/C15H20O3/c1-8-10-5-15(2,3)6-11(10)12-7-18-14(17)9(12)4-13(8)16/h8,10-11H,4-7H2,1-3H3/t8-,10+,11+/m0/s1. The predicted octanol–water partition coefficient (Wildman–Crippen LogP) is 2.50. The van der Waals surface area contributed by atoms with Gasteiger partial charge in [0.05, 0.1) is 0 Å². The Morgan fingerprint density at radius 3 is 2.67 bits per heavy atom. The molecule has 0 saturated heterocycles. The first kappa shape index (κ1) is 11.9. The number of ether oxygens (including phenoxy) is 1. The third-order valence-corrected chi connectivity index (χ3v) is 5.02. The molecule has 0 spiro atoms. The number of hydrogen-bond acceptors (Lipinski definition) is 3. The van der Waals surface area contributed by atoms with Crippen LogP contribution in [-0.4, -0.2) is 18.4 Å². The molecular weight excluding hydrogens is 228 g/mol. The lowest BCUT2D eigenvalue weighted by atomic mass is 9.81. The maximum Gasteiger partial charge on any atom is 0.334 e. The average molecular weight is 248 g/mol. The van der Waals surface area contributed by atoms with E-state index in [4.69, 9.17) is 4.74 Å². The van der Waals surface area contributed by atoms with Crippen LogP contribution < -0.4 is 0 Å². The highest BCUT2D eigenvalue weighted by Crippen LogP contribution is 2.54. The van der Waals surface area contributed by atoms with E-state index >= 15 is 0 Å². The highest BCUT2D eigenvalue weighted by molar-refractivity contribution is 5.99. The summed E-state index contributed by atoms with van der Waals surface area (Å²) in [7, 11) is 0. The van der Waals surface area contributed by atoms with Gasteiger partial charge in [-0.1, -0.05) is 20.8 Å². The van der Waals surface area contributed by atoms with E-state index in [0.29, 0.717) is 30.4 Å². The van der Waals surface area contributed by atoms with E-state index in [1.165, 1.54) is 0 Å². The quantitative estimate of drug-likeness (QED) is 0.619. The predicted molar refractivity (Wildman–Crippen MR) is 66.8 cm³/mol. The Morgan fingerprint density at radius 2 is 1.94 bits per heavy atom. The SMILES string of the molecule is C[C@@H]1C(=O)CC2=C(COC2=O)[C@@H]2CC(C)(C)C[C@H]12. The molecule has 18 heavy (non-hydrogen) atoms. The van der Waals surface area contributed by atoms with Crippen LogP contribution in [0.4, 0.5) is 0 Å². The fourth-order valence-corrected chi connectivity index (χ4v) is 4.06. The van der Waals surface area contributed by atoms with Gasteiger partial charge in [-0.05, 0) is 35.7 Å². The summed E-state index contributed by atoms with van der Waals surface area (Å²) in [4.78, 5) is 23.9. The van der Waals surface area contributed by atoms with Crippen molar-refractivity contribution in [3.63, 3.8) is 0 Å². The molecule has 1 fully saturated rings. The topological polar surface area (TPSA) is 43.4 Å². The molecule has 3 rings (SSSR count). The molecule has 0 radical (unpaired) electrons. The van der Waals surface area contributed by atoms with Crippen LogP contribution in [0.3, 0.4) is 0 Å². The van der Waals surface area contributed by atoms with Crippen molar-refractivity contribution in [1.29, 1.82) is 0 Å². The summed E-state index contributed by atoms with van der Waals surface area (Å²) >= 11 is 0. The Labute approximate surface area is 108 Å². The Kier molecular flexibility index (Phi) is 2.45. The second-order valence-electron chi connectivity index (χ2n) is 6.85. The summed E-state index contributed by atoms with van der Waals surface area (Å²) in [6, 6.07) is 0. The van der Waals surface area contributed by atoms with Crippen molar-refractivity contribution in [3.05, 3.63) is 11.1 Å². The lowest BCUT2D eigenvalue weighted by Crippen LogP contribution is -2.23. The maximum absolute atomic E-state index is 12.2. The summed E-state index contributed by atoms with van der Waals surface area (Å²) in [5.74, 6) is 0.815. The molecule has 3 atom stereocenters. The van der Waals surface area contributed by atoms with Gasteiger partial charge in [0, 0.05) is 17.9 Å². The van der Waals surface area contributed by atoms with Gasteiger partial charge in [-0.2, -0.15) is 0 Å². The summed E-state index contributed by atoms with van der Waals surface area (Å²) in [5.41, 5.74) is 2.08. The number of Topliss-reactive ketones (excluding diaryl/α,β-unsaturated/α-hetero) is 1. The molecular formula is C15H20O3. The largest absolute Gasteiger partial charge is 0.458 e. The van der Waals surface area contributed by atoms with Crippen LogP contribution in [0.2, 0.25) is 0 Å². The Bertz CT molecular complexity index is 458. The number of carbonyl (C=O) groups excluding carboxylic acids is 2. The van der Waals surface area contributed by atoms with Gasteiger partial charge in [-0.15, -0.1) is 0 Å². The van der Waals surface area contributed by atoms with Crippen molar-refractivity contribution < 1.29 is 14.3 Å². The first-order valence-corrected chi connectivity index (χ1v) is 6.81. The average Bonchev–Trinajstić information content (AvgIpc) is 2.76. The van der Waals surface area contributed by atoms with Gasteiger partial charge in [0.1, 0.15) is 12.4 Å². The lowest BCUT2D eigenvalue weighted by molar-refractivity contribution is -0.137. The number of ketones is 1. The molecule has 3 nitrogen and oxygen atoms in total. The molecule has 3 heteroatoms. The maximum atomic E-state index is 12.2. The van der Waals surface area contributed by atoms with Crippen molar-refractivity contribution in [3.8, 4) is 0 Å². The number of hydrogen-bond donors (Lipinski definition) is 0. The summed E-state index contributed by atoms with van der Waals surface area (Å²) in [5, 5.41) is 0. The van der Waals surface area contributed by atoms with E-state index in [1.807, 2.05) is 6.92 Å². The molecule has 98 valence electrons. The zero-order valence-electron chi connectivity index (χ0n) is 11.3. The van der Waals surface area contributed by atoms with Crippen molar-refractivity contribution in [1.82, 2.24) is 0 Å². The van der Waals surface area contributed by atoms with E-state index in [9.17, 15) is 9.59 Å². The van der Waals surface area contributed by atoms with Gasteiger partial charge in [0.25, 0.3) is 0 Å². The summed E-state index contributed by atoms with van der Waals surface area (Å²) in [6.45, 7) is 6.98. The minimum atomic E-state index is -0.254. The molecule has 0 aromatic rings. The van der Waals surface area contributed by atoms with Crippen LogP contribution >= 0.6 is 0 Å². The second kappa shape index (κ2) is 3.69. The summed E-state index contributed by atoms with van der Waals surface area (Å²) in [6.07, 6.45) is 2.45. The van der Waals surface area contributed by atoms with Gasteiger partial charge in [0.15, 0.2) is 0 Å². The van der Waals surface area contributed by atoms with E-state index in [1.54, 1.807) is 0 Å². The second-order valence-corrected chi connectivity index (χ2v) is 6.85. The van der Waals surface area contributed by atoms with Crippen LogP contribution in [0.25, 0.3) is 0 Å². The van der Waals surface area contributed by atoms with Gasteiger partial charge >= 0.3 is 5.97 Å². The number of esters is 1. The van der Waals surface area contributed by atoms with Gasteiger partial charge < -0.3 is 4.74 Å². The van der Waals surface area contributed by atoms with E-state index in [2.05, 4.69) is 13.8 Å². The molecule has 0 aromatic carbocycles. The molecule has 3 aliphatic rings. The van der Waals surface area contributed by atoms with E-state index < -0.39 is 0 Å². The van der Waals surface area contributed by atoms with Crippen molar-refractivity contribution in [2.45, 2.75) is 40.0 Å². The van der Waals surface area contributed by atoms with Gasteiger partial charge in [-0.25, -0.2) is 4.79 Å². The third-order valence-electron chi connectivity index (χ3n) is 5.02. The molecule has 0 unspecified atom stereocenters. The van der Waals surface area contributed by atoms with Gasteiger partial charge in [0.2, 0.25) is 0 Å². The molecule has 1 saturated carbocycles. The Balaban J connectivity index is 2.05. The molecule has 1 aliphatic heterocycles. The molecule has 0 N–H and O–H groups in total. The first-order valence-electron chi connectivity index (χ1n) is 6.81. The number of carbonyl (C=O) groups is 2. The fraction of sp³-hybridized carbons (Fsp3) is 0.733. The van der Waals surface area contributed by atoms with Crippen molar-refractivity contribution in [2.24, 2.45) is 23.2 Å². The third kappa shape index (κ3) is 1.63. The molecule has 2 aliphatic carbocycles. The van der Waals surface area contributed by atoms with Crippen molar-refractivity contribution in [2.75, 3.05) is 6.61 Å². The molecule has 0 aromatic heterocycles. The fourth-order valence-electron chi connectivity index (χ4n) is 4.06. The smallest absolute Gasteiger partial charge is 0.334 e. The van der Waals surface area contributed by atoms with Crippen LogP contribution in [0.15, 0.2) is 11.1 Å². The first-order chi connectivity index (χ1) is 8.39. The zero-order valence-corrected chi connectivity index (χ0v) is 11.3. The Hall–Kier alpha value is -1.12. The lowest BCUT2D eigenvalue weighted by Gasteiger charge is -2.23. The minimum Gasteiger partial charge on any atom is -0.458 e. The minimum absolute atomic E-state index is 0.0789. The number of cyclic esters (lactones) is 1. The number of rotatable bonds is 0. The molecule has 0 bridgehead atoms. The van der Waals surface area contributed by atoms with Crippen LogP contribution in [0, 0.1) is 23.2 Å². The van der Waals surface area contributed by atoms with Crippen LogP contribution in [-0.2, 0) is 14.3 Å². The van der Waals surface area contributed by atoms with E-state index in [-0.39, 0.29) is 23.1 Å². The van der Waals surface area contributed by atoms with E-state index in [0.717, 1.165) is 18.4 Å². The highest BCUT2D eigenvalue weighted by atomic mass is 16.5. The van der Waals surface area contributed by atoms with Crippen LogP contribution in [0.5, 0.6) is 0 Å². The summed E-state index contributed by atoms with van der Waals surface area (Å²) < 4.78 is 5.15. The van der Waals surface area contributed by atoms with Crippen molar-refractivity contribution >= 4 is 11.8 Å². The monoisotopic (exact) mass is 248 g/mol. The number of fused-ring (bicyclic) bond motifs is 2. The molecule has 1 heterocycles. The Morgan fingerprint density at radius 1 is 1.22 bits per heavy atom. The zero-order chi connectivity index (χ0) is 13.1. The highest BCUT2D eigenvalue weighted by Gasteiger charge is 2.49. The van der Waals surface area contributed by atoms with Crippen LogP contribution in [0.1, 0.15) is 40.0 Å². The normalized spacial score (nSPS) is 38.3. The van der Waals surface area contributed by atoms with Gasteiger partial charge in [-0.3, -0.25) is 4.79 Å².